The molecule has 1 fully saturated rings. The van der Waals surface area contributed by atoms with E-state index in [0.717, 1.165) is 26.7 Å². The molecule has 1 aliphatic heterocycles. The number of hydroxylamine groups is 1. The Morgan fingerprint density at radius 3 is 2.14 bits per heavy atom. The highest BCUT2D eigenvalue weighted by Gasteiger charge is 2.49. The van der Waals surface area contributed by atoms with E-state index in [-0.39, 0.29) is 0 Å². The number of rotatable bonds is 3. The van der Waals surface area contributed by atoms with Crippen molar-refractivity contribution in [2.75, 3.05) is 0 Å². The van der Waals surface area contributed by atoms with E-state index in [1.54, 1.807) is 0 Å². The maximum Gasteiger partial charge on any atom is 0.268 e. The van der Waals surface area contributed by atoms with Gasteiger partial charge in [0.2, 0.25) is 0 Å². The Morgan fingerprint density at radius 1 is 1.00 bits per heavy atom. The van der Waals surface area contributed by atoms with Gasteiger partial charge in [-0.2, -0.15) is 0 Å². The average Bonchev–Trinajstić information content (AvgIpc) is 3.19. The summed E-state index contributed by atoms with van der Waals surface area (Å²) in [7, 11) is -3.63. The van der Waals surface area contributed by atoms with Gasteiger partial charge in [0.15, 0.2) is 6.23 Å². The van der Waals surface area contributed by atoms with E-state index in [4.69, 9.17) is 4.84 Å². The Hall–Kier alpha value is -1.69. The van der Waals surface area contributed by atoms with Gasteiger partial charge in [0.25, 0.3) is 10.0 Å². The maximum absolute atomic E-state index is 12.7. The smallest absolute Gasteiger partial charge is 0.253 e. The van der Waals surface area contributed by atoms with Crippen molar-refractivity contribution in [3.63, 3.8) is 0 Å². The highest BCUT2D eigenvalue weighted by Crippen LogP contribution is 2.43. The minimum absolute atomic E-state index is 0.339. The zero-order valence-electron chi connectivity index (χ0n) is 12.2. The van der Waals surface area contributed by atoms with Crippen molar-refractivity contribution < 1.29 is 13.3 Å². The van der Waals surface area contributed by atoms with Gasteiger partial charge in [-0.15, -0.1) is 0 Å². The number of sulfonamides is 1. The SMILES string of the molecule is Cc1cc(C)c(S(=O)(=O)N2O[C@H]2c2ccccc2)c(C)c1. The number of hydrogen-bond acceptors (Lipinski definition) is 3. The van der Waals surface area contributed by atoms with Crippen LogP contribution < -0.4 is 0 Å². The van der Waals surface area contributed by atoms with E-state index >= 15 is 0 Å². The van der Waals surface area contributed by atoms with Gasteiger partial charge in [0.1, 0.15) is 0 Å². The first-order valence-corrected chi connectivity index (χ1v) is 8.19. The van der Waals surface area contributed by atoms with Crippen LogP contribution >= 0.6 is 0 Å². The van der Waals surface area contributed by atoms with Gasteiger partial charge in [0, 0.05) is 5.56 Å². The van der Waals surface area contributed by atoms with Crippen molar-refractivity contribution in [3.8, 4) is 0 Å². The summed E-state index contributed by atoms with van der Waals surface area (Å²) >= 11 is 0. The predicted molar refractivity (Wildman–Crippen MR) is 79.9 cm³/mol. The summed E-state index contributed by atoms with van der Waals surface area (Å²) in [5.74, 6) is 0. The molecule has 0 N–H and O–H groups in total. The fourth-order valence-electron chi connectivity index (χ4n) is 2.72. The molecule has 0 amide bonds. The molecule has 5 heteroatoms. The average molecular weight is 303 g/mol. The first kappa shape index (κ1) is 14.3. The number of nitrogens with zero attached hydrogens (tertiary/aromatic N) is 1. The van der Waals surface area contributed by atoms with Crippen LogP contribution in [0.2, 0.25) is 0 Å². The molecule has 1 aliphatic rings. The van der Waals surface area contributed by atoms with Crippen LogP contribution in [-0.2, 0) is 14.9 Å². The van der Waals surface area contributed by atoms with E-state index in [1.165, 1.54) is 0 Å². The second-order valence-electron chi connectivity index (χ2n) is 5.36. The van der Waals surface area contributed by atoms with Crippen LogP contribution in [0.5, 0.6) is 0 Å². The normalized spacial score (nSPS) is 21.3. The Kier molecular flexibility index (Phi) is 3.36. The van der Waals surface area contributed by atoms with Gasteiger partial charge < -0.3 is 0 Å². The molecular weight excluding hydrogens is 286 g/mol. The van der Waals surface area contributed by atoms with Crippen LogP contribution in [0.4, 0.5) is 0 Å². The molecule has 0 saturated carbocycles. The molecule has 21 heavy (non-hydrogen) atoms. The van der Waals surface area contributed by atoms with Crippen molar-refractivity contribution in [1.29, 1.82) is 0 Å². The lowest BCUT2D eigenvalue weighted by Gasteiger charge is -2.11. The van der Waals surface area contributed by atoms with Crippen LogP contribution in [0.3, 0.4) is 0 Å². The third kappa shape index (κ3) is 2.48. The van der Waals surface area contributed by atoms with Crippen LogP contribution in [-0.4, -0.2) is 12.9 Å². The molecule has 2 aromatic carbocycles. The summed E-state index contributed by atoms with van der Waals surface area (Å²) in [6.45, 7) is 5.58. The van der Waals surface area contributed by atoms with E-state index < -0.39 is 16.3 Å². The fraction of sp³-hybridized carbons (Fsp3) is 0.250. The van der Waals surface area contributed by atoms with Crippen molar-refractivity contribution in [1.82, 2.24) is 4.47 Å². The van der Waals surface area contributed by atoms with Crippen molar-refractivity contribution in [2.45, 2.75) is 31.9 Å². The predicted octanol–water partition coefficient (Wildman–Crippen LogP) is 3.25. The molecule has 3 rings (SSSR count). The van der Waals surface area contributed by atoms with Gasteiger partial charge in [-0.05, 0) is 36.4 Å². The molecule has 1 heterocycles. The van der Waals surface area contributed by atoms with Crippen molar-refractivity contribution >= 4 is 10.0 Å². The van der Waals surface area contributed by atoms with Gasteiger partial charge in [-0.1, -0.05) is 48.0 Å². The first-order valence-electron chi connectivity index (χ1n) is 6.75. The zero-order valence-corrected chi connectivity index (χ0v) is 13.0. The van der Waals surface area contributed by atoms with Gasteiger partial charge in [0.05, 0.1) is 4.90 Å². The van der Waals surface area contributed by atoms with Crippen LogP contribution in [0.1, 0.15) is 28.5 Å². The Morgan fingerprint density at radius 2 is 1.57 bits per heavy atom. The van der Waals surface area contributed by atoms with Crippen molar-refractivity contribution in [2.24, 2.45) is 0 Å². The molecule has 0 bridgehead atoms. The molecule has 0 spiro atoms. The standard InChI is InChI=1S/C16H17NO3S/c1-11-9-12(2)15(13(3)10-11)21(18,19)17-16(20-17)14-7-5-4-6-8-14/h4-10,16H,1-3H3/t16-,17?/m0/s1. The minimum Gasteiger partial charge on any atom is -0.253 e. The van der Waals surface area contributed by atoms with Gasteiger partial charge in [-0.25, -0.2) is 8.42 Å². The summed E-state index contributed by atoms with van der Waals surface area (Å²) < 4.78 is 26.5. The fourth-order valence-corrected chi connectivity index (χ4v) is 4.40. The maximum atomic E-state index is 12.7. The Bertz CT molecular complexity index is 761. The van der Waals surface area contributed by atoms with Crippen molar-refractivity contribution in [3.05, 3.63) is 64.7 Å². The van der Waals surface area contributed by atoms with Gasteiger partial charge in [-0.3, -0.25) is 4.84 Å². The van der Waals surface area contributed by atoms with E-state index in [0.29, 0.717) is 4.90 Å². The number of aryl methyl sites for hydroxylation is 3. The lowest BCUT2D eigenvalue weighted by Crippen LogP contribution is -2.15. The van der Waals surface area contributed by atoms with Gasteiger partial charge >= 0.3 is 0 Å². The quantitative estimate of drug-likeness (QED) is 0.818. The summed E-state index contributed by atoms with van der Waals surface area (Å²) in [5.41, 5.74) is 3.38. The molecule has 0 aliphatic carbocycles. The topological polar surface area (TPSA) is 49.7 Å². The second kappa shape index (κ2) is 4.94. The molecule has 1 saturated heterocycles. The number of benzene rings is 2. The summed E-state index contributed by atoms with van der Waals surface area (Å²) in [6, 6.07) is 13.1. The molecule has 0 aromatic heterocycles. The molecule has 1 unspecified atom stereocenters. The highest BCUT2D eigenvalue weighted by molar-refractivity contribution is 7.89. The third-order valence-electron chi connectivity index (χ3n) is 3.53. The summed E-state index contributed by atoms with van der Waals surface area (Å²) in [4.78, 5) is 5.65. The first-order chi connectivity index (χ1) is 9.91. The summed E-state index contributed by atoms with van der Waals surface area (Å²) in [6.07, 6.45) is -0.517. The molecule has 4 nitrogen and oxygen atoms in total. The number of hydrogen-bond donors (Lipinski definition) is 0. The molecular formula is C16H17NO3S. The highest BCUT2D eigenvalue weighted by atomic mass is 32.2. The van der Waals surface area contributed by atoms with E-state index in [9.17, 15) is 8.42 Å². The lowest BCUT2D eigenvalue weighted by molar-refractivity contribution is 0.283. The van der Waals surface area contributed by atoms with E-state index in [1.807, 2.05) is 63.2 Å². The van der Waals surface area contributed by atoms with Crippen LogP contribution in [0.15, 0.2) is 47.4 Å². The zero-order chi connectivity index (χ0) is 15.2. The van der Waals surface area contributed by atoms with E-state index in [2.05, 4.69) is 0 Å². The second-order valence-corrected chi connectivity index (χ2v) is 7.07. The lowest BCUT2D eigenvalue weighted by atomic mass is 10.1. The van der Waals surface area contributed by atoms with Crippen LogP contribution in [0, 0.1) is 20.8 Å². The molecule has 2 aromatic rings. The Balaban J connectivity index is 1.97. The Labute approximate surface area is 125 Å². The van der Waals surface area contributed by atoms with Crippen LogP contribution in [0.25, 0.3) is 0 Å². The molecule has 0 radical (unpaired) electrons. The molecule has 2 atom stereocenters. The minimum atomic E-state index is -3.63. The largest absolute Gasteiger partial charge is 0.268 e. The third-order valence-corrected chi connectivity index (χ3v) is 5.45. The monoisotopic (exact) mass is 303 g/mol. The molecule has 110 valence electrons. The summed E-state index contributed by atoms with van der Waals surface area (Å²) in [5, 5.41) is 0.